The van der Waals surface area contributed by atoms with Crippen LogP contribution in [0.2, 0.25) is 5.02 Å². The summed E-state index contributed by atoms with van der Waals surface area (Å²) in [6.45, 7) is 2.59. The number of nitrogens with zero attached hydrogens (tertiary/aromatic N) is 2. The molecule has 1 unspecified atom stereocenters. The molecule has 0 bridgehead atoms. The Kier molecular flexibility index (Phi) is 3.03. The van der Waals surface area contributed by atoms with Gasteiger partial charge in [0.25, 0.3) is 0 Å². The summed E-state index contributed by atoms with van der Waals surface area (Å²) in [5.74, 6) is 0.831. The predicted molar refractivity (Wildman–Crippen MR) is 67.9 cm³/mol. The van der Waals surface area contributed by atoms with E-state index in [1.54, 1.807) is 0 Å². The molecule has 16 heavy (non-hydrogen) atoms. The minimum atomic E-state index is 0.192. The van der Waals surface area contributed by atoms with E-state index in [9.17, 15) is 0 Å². The van der Waals surface area contributed by atoms with Crippen molar-refractivity contribution in [1.29, 1.82) is 0 Å². The van der Waals surface area contributed by atoms with Crippen LogP contribution in [0.1, 0.15) is 6.92 Å². The van der Waals surface area contributed by atoms with E-state index < -0.39 is 0 Å². The maximum Gasteiger partial charge on any atom is 0.156 e. The van der Waals surface area contributed by atoms with Crippen molar-refractivity contribution >= 4 is 28.3 Å². The molecule has 0 fully saturated rings. The van der Waals surface area contributed by atoms with Crippen molar-refractivity contribution in [1.82, 2.24) is 9.78 Å². The number of benzene rings is 1. The zero-order chi connectivity index (χ0) is 11.7. The number of fused-ring (bicyclic) bond motifs is 1. The maximum atomic E-state index is 5.98. The quantitative estimate of drug-likeness (QED) is 0.860. The highest BCUT2D eigenvalue weighted by atomic mass is 35.5. The number of rotatable bonds is 3. The van der Waals surface area contributed by atoms with Crippen molar-refractivity contribution in [2.75, 3.05) is 11.9 Å². The molecule has 2 aromatic rings. The Morgan fingerprint density at radius 1 is 1.56 bits per heavy atom. The molecular weight excluding hydrogens is 224 g/mol. The molecule has 1 heterocycles. The molecule has 5 heteroatoms. The van der Waals surface area contributed by atoms with Crippen LogP contribution in [0, 0.1) is 0 Å². The van der Waals surface area contributed by atoms with Crippen molar-refractivity contribution in [3.63, 3.8) is 0 Å². The van der Waals surface area contributed by atoms with Crippen molar-refractivity contribution in [2.45, 2.75) is 13.0 Å². The van der Waals surface area contributed by atoms with Crippen molar-refractivity contribution < 1.29 is 0 Å². The van der Waals surface area contributed by atoms with Gasteiger partial charge < -0.3 is 11.1 Å². The molecule has 1 atom stereocenters. The van der Waals surface area contributed by atoms with Crippen LogP contribution in [0.3, 0.4) is 0 Å². The van der Waals surface area contributed by atoms with E-state index in [0.29, 0.717) is 11.6 Å². The van der Waals surface area contributed by atoms with Gasteiger partial charge in [0.2, 0.25) is 0 Å². The lowest BCUT2D eigenvalue weighted by atomic mass is 10.2. The Labute approximate surface area is 99.4 Å². The fraction of sp³-hybridized carbons (Fsp3) is 0.364. The summed E-state index contributed by atoms with van der Waals surface area (Å²) in [7, 11) is 1.91. The fourth-order valence-electron chi connectivity index (χ4n) is 1.64. The van der Waals surface area contributed by atoms with Crippen LogP contribution in [-0.2, 0) is 7.05 Å². The normalized spacial score (nSPS) is 13.0. The second kappa shape index (κ2) is 4.31. The van der Waals surface area contributed by atoms with Gasteiger partial charge in [0.15, 0.2) is 5.82 Å². The molecular formula is C11H15ClN4. The van der Waals surface area contributed by atoms with Gasteiger partial charge in [-0.3, -0.25) is 4.68 Å². The van der Waals surface area contributed by atoms with E-state index >= 15 is 0 Å². The monoisotopic (exact) mass is 238 g/mol. The number of hydrogen-bond donors (Lipinski definition) is 2. The summed E-state index contributed by atoms with van der Waals surface area (Å²) in [6.07, 6.45) is 0. The Morgan fingerprint density at radius 3 is 3.00 bits per heavy atom. The molecule has 3 N–H and O–H groups in total. The molecule has 0 spiro atoms. The van der Waals surface area contributed by atoms with Gasteiger partial charge in [-0.25, -0.2) is 0 Å². The van der Waals surface area contributed by atoms with Gasteiger partial charge in [-0.2, -0.15) is 5.10 Å². The second-order valence-corrected chi connectivity index (χ2v) is 4.35. The molecule has 0 aliphatic heterocycles. The van der Waals surface area contributed by atoms with Gasteiger partial charge in [0.1, 0.15) is 0 Å². The Balaban J connectivity index is 2.48. The topological polar surface area (TPSA) is 55.9 Å². The molecule has 0 aliphatic carbocycles. The van der Waals surface area contributed by atoms with Crippen molar-refractivity contribution in [2.24, 2.45) is 12.8 Å². The Bertz CT molecular complexity index is 506. The van der Waals surface area contributed by atoms with Crippen LogP contribution in [0.15, 0.2) is 18.2 Å². The number of aromatic nitrogens is 2. The van der Waals surface area contributed by atoms with Gasteiger partial charge in [-0.05, 0) is 25.1 Å². The minimum absolute atomic E-state index is 0.192. The first-order chi connectivity index (χ1) is 7.61. The van der Waals surface area contributed by atoms with Crippen LogP contribution in [0.4, 0.5) is 5.82 Å². The summed E-state index contributed by atoms with van der Waals surface area (Å²) >= 11 is 5.98. The molecule has 1 aromatic carbocycles. The maximum absolute atomic E-state index is 5.98. The summed E-state index contributed by atoms with van der Waals surface area (Å²) in [6, 6.07) is 5.93. The third kappa shape index (κ3) is 1.99. The van der Waals surface area contributed by atoms with Crippen LogP contribution in [0.25, 0.3) is 10.9 Å². The highest BCUT2D eigenvalue weighted by Crippen LogP contribution is 2.25. The highest BCUT2D eigenvalue weighted by molar-refractivity contribution is 6.31. The number of halogens is 1. The molecule has 2 rings (SSSR count). The SMILES string of the molecule is CC(CN)Nc1nn(C)c2ccc(Cl)cc12. The molecule has 0 saturated heterocycles. The van der Waals surface area contributed by atoms with E-state index in [0.717, 1.165) is 16.7 Å². The van der Waals surface area contributed by atoms with Gasteiger partial charge in [-0.1, -0.05) is 11.6 Å². The lowest BCUT2D eigenvalue weighted by Gasteiger charge is -2.09. The van der Waals surface area contributed by atoms with E-state index in [4.69, 9.17) is 17.3 Å². The van der Waals surface area contributed by atoms with Gasteiger partial charge in [-0.15, -0.1) is 0 Å². The van der Waals surface area contributed by atoms with Gasteiger partial charge >= 0.3 is 0 Å². The van der Waals surface area contributed by atoms with Crippen LogP contribution < -0.4 is 11.1 Å². The fourth-order valence-corrected chi connectivity index (χ4v) is 1.81. The van der Waals surface area contributed by atoms with E-state index in [2.05, 4.69) is 10.4 Å². The summed E-state index contributed by atoms with van der Waals surface area (Å²) in [5, 5.41) is 9.41. The number of anilines is 1. The molecule has 86 valence electrons. The zero-order valence-electron chi connectivity index (χ0n) is 9.37. The smallest absolute Gasteiger partial charge is 0.156 e. The van der Waals surface area contributed by atoms with Crippen LogP contribution in [-0.4, -0.2) is 22.4 Å². The number of hydrogen-bond acceptors (Lipinski definition) is 3. The highest BCUT2D eigenvalue weighted by Gasteiger charge is 2.10. The molecule has 0 saturated carbocycles. The van der Waals surface area contributed by atoms with E-state index in [1.165, 1.54) is 0 Å². The molecule has 1 aromatic heterocycles. The Morgan fingerprint density at radius 2 is 2.31 bits per heavy atom. The molecule has 0 radical (unpaired) electrons. The summed E-state index contributed by atoms with van der Waals surface area (Å²) < 4.78 is 1.83. The minimum Gasteiger partial charge on any atom is -0.364 e. The van der Waals surface area contributed by atoms with Crippen LogP contribution in [0.5, 0.6) is 0 Å². The number of nitrogens with one attached hydrogen (secondary N) is 1. The summed E-state index contributed by atoms with van der Waals surface area (Å²) in [5.41, 5.74) is 6.63. The van der Waals surface area contributed by atoms with E-state index in [1.807, 2.05) is 36.9 Å². The zero-order valence-corrected chi connectivity index (χ0v) is 10.1. The number of nitrogens with two attached hydrogens (primary N) is 1. The molecule has 4 nitrogen and oxygen atoms in total. The molecule has 0 amide bonds. The second-order valence-electron chi connectivity index (χ2n) is 3.91. The first-order valence-corrected chi connectivity index (χ1v) is 5.58. The van der Waals surface area contributed by atoms with Gasteiger partial charge in [0, 0.05) is 30.0 Å². The van der Waals surface area contributed by atoms with Crippen molar-refractivity contribution in [3.05, 3.63) is 23.2 Å². The lowest BCUT2D eigenvalue weighted by Crippen LogP contribution is -2.25. The molecule has 0 aliphatic rings. The standard InChI is InChI=1S/C11H15ClN4/c1-7(6-13)14-11-9-5-8(12)3-4-10(9)16(2)15-11/h3-5,7H,6,13H2,1-2H3,(H,14,15). The lowest BCUT2D eigenvalue weighted by molar-refractivity contribution is 0.765. The van der Waals surface area contributed by atoms with Crippen LogP contribution >= 0.6 is 11.6 Å². The Hall–Kier alpha value is -1.26. The summed E-state index contributed by atoms with van der Waals surface area (Å²) in [4.78, 5) is 0. The third-order valence-electron chi connectivity index (χ3n) is 2.55. The average Bonchev–Trinajstić information content (AvgIpc) is 2.55. The van der Waals surface area contributed by atoms with Gasteiger partial charge in [0.05, 0.1) is 5.52 Å². The number of aryl methyl sites for hydroxylation is 1. The van der Waals surface area contributed by atoms with Crippen molar-refractivity contribution in [3.8, 4) is 0 Å². The predicted octanol–water partition coefficient (Wildman–Crippen LogP) is 1.99. The van der Waals surface area contributed by atoms with E-state index in [-0.39, 0.29) is 6.04 Å². The average molecular weight is 239 g/mol. The largest absolute Gasteiger partial charge is 0.364 e. The first-order valence-electron chi connectivity index (χ1n) is 5.20. The first kappa shape index (κ1) is 11.2. The third-order valence-corrected chi connectivity index (χ3v) is 2.78.